The van der Waals surface area contributed by atoms with Gasteiger partial charge in [0.05, 0.1) is 11.0 Å². The van der Waals surface area contributed by atoms with Gasteiger partial charge < -0.3 is 9.84 Å². The van der Waals surface area contributed by atoms with Crippen LogP contribution in [-0.2, 0) is 6.42 Å². The minimum atomic E-state index is -0.752. The van der Waals surface area contributed by atoms with E-state index >= 15 is 0 Å². The lowest BCUT2D eigenvalue weighted by Crippen LogP contribution is -1.90. The van der Waals surface area contributed by atoms with Gasteiger partial charge >= 0.3 is 5.69 Å². The quantitative estimate of drug-likeness (QED) is 0.632. The van der Waals surface area contributed by atoms with Crippen LogP contribution in [0.1, 0.15) is 36.8 Å². The summed E-state index contributed by atoms with van der Waals surface area (Å²) in [6, 6.07) is 8.87. The number of nitrogens with zero attached hydrogens (tertiary/aromatic N) is 1. The van der Waals surface area contributed by atoms with E-state index in [0.29, 0.717) is 10.6 Å². The molecule has 0 bridgehead atoms. The van der Waals surface area contributed by atoms with Crippen molar-refractivity contribution in [2.24, 2.45) is 0 Å². The highest BCUT2D eigenvalue weighted by molar-refractivity contribution is 7.14. The van der Waals surface area contributed by atoms with E-state index in [1.165, 1.54) is 11.6 Å². The number of aryl methyl sites for hydroxylation is 1. The Balaban J connectivity index is 2.23. The molecule has 1 N–H and O–H groups in total. The first-order valence-electron chi connectivity index (χ1n) is 6.74. The average molecular weight is 307 g/mol. The SMILES string of the molecule is CCCc1ccc(Oc2sc([C@@H](C)O)cc2[N+](=O)[O-])cc1. The molecule has 0 aliphatic carbocycles. The molecule has 21 heavy (non-hydrogen) atoms. The van der Waals surface area contributed by atoms with Gasteiger partial charge in [-0.05, 0) is 31.0 Å². The number of rotatable bonds is 6. The molecular weight excluding hydrogens is 290 g/mol. The lowest BCUT2D eigenvalue weighted by atomic mass is 10.1. The number of hydrogen-bond acceptors (Lipinski definition) is 5. The molecule has 0 saturated carbocycles. The Morgan fingerprint density at radius 2 is 2.05 bits per heavy atom. The van der Waals surface area contributed by atoms with Crippen LogP contribution < -0.4 is 4.74 Å². The predicted molar refractivity (Wildman–Crippen MR) is 82.1 cm³/mol. The number of thiophene rings is 1. The van der Waals surface area contributed by atoms with Crippen molar-refractivity contribution in [3.05, 3.63) is 50.9 Å². The van der Waals surface area contributed by atoms with Crippen molar-refractivity contribution >= 4 is 17.0 Å². The molecule has 0 aliphatic heterocycles. The summed E-state index contributed by atoms with van der Waals surface area (Å²) in [6.45, 7) is 3.68. The second-order valence-corrected chi connectivity index (χ2v) is 5.80. The average Bonchev–Trinajstić information content (AvgIpc) is 2.86. The lowest BCUT2D eigenvalue weighted by Gasteiger charge is -2.04. The van der Waals surface area contributed by atoms with E-state index in [2.05, 4.69) is 6.92 Å². The van der Waals surface area contributed by atoms with E-state index in [4.69, 9.17) is 4.74 Å². The molecule has 1 atom stereocenters. The van der Waals surface area contributed by atoms with Gasteiger partial charge in [0.25, 0.3) is 5.06 Å². The zero-order valence-electron chi connectivity index (χ0n) is 11.9. The summed E-state index contributed by atoms with van der Waals surface area (Å²) in [7, 11) is 0. The summed E-state index contributed by atoms with van der Waals surface area (Å²) in [5, 5.41) is 20.8. The van der Waals surface area contributed by atoms with E-state index in [1.807, 2.05) is 12.1 Å². The van der Waals surface area contributed by atoms with Crippen molar-refractivity contribution in [1.82, 2.24) is 0 Å². The molecule has 2 aromatic rings. The zero-order chi connectivity index (χ0) is 15.4. The number of ether oxygens (including phenoxy) is 1. The molecule has 1 aromatic carbocycles. The molecule has 0 amide bonds. The van der Waals surface area contributed by atoms with Gasteiger partial charge in [-0.2, -0.15) is 0 Å². The molecule has 6 heteroatoms. The summed E-state index contributed by atoms with van der Waals surface area (Å²) in [5.74, 6) is 0.553. The fraction of sp³-hybridized carbons (Fsp3) is 0.333. The third kappa shape index (κ3) is 3.80. The van der Waals surface area contributed by atoms with E-state index in [1.54, 1.807) is 19.1 Å². The first-order valence-corrected chi connectivity index (χ1v) is 7.56. The van der Waals surface area contributed by atoms with Crippen molar-refractivity contribution in [2.75, 3.05) is 0 Å². The minimum absolute atomic E-state index is 0.117. The van der Waals surface area contributed by atoms with Crippen LogP contribution >= 0.6 is 11.3 Å². The predicted octanol–water partition coefficient (Wildman–Crippen LogP) is 4.45. The highest BCUT2D eigenvalue weighted by Gasteiger charge is 2.23. The number of nitro groups is 1. The Labute approximate surface area is 127 Å². The van der Waals surface area contributed by atoms with Gasteiger partial charge in [-0.15, -0.1) is 0 Å². The Kier molecular flexibility index (Phi) is 4.93. The van der Waals surface area contributed by atoms with Crippen LogP contribution in [0.4, 0.5) is 5.69 Å². The summed E-state index contributed by atoms with van der Waals surface area (Å²) in [5.41, 5.74) is 1.09. The van der Waals surface area contributed by atoms with Gasteiger partial charge in [-0.25, -0.2) is 0 Å². The first-order chi connectivity index (χ1) is 10.0. The smallest absolute Gasteiger partial charge is 0.323 e. The summed E-state index contributed by atoms with van der Waals surface area (Å²) >= 11 is 1.09. The van der Waals surface area contributed by atoms with E-state index in [0.717, 1.165) is 24.2 Å². The van der Waals surface area contributed by atoms with Gasteiger partial charge in [0.2, 0.25) is 0 Å². The first kappa shape index (κ1) is 15.5. The standard InChI is InChI=1S/C15H17NO4S/c1-3-4-11-5-7-12(8-6-11)20-15-13(16(18)19)9-14(21-15)10(2)17/h5-10,17H,3-4H2,1-2H3/t10-/m1/s1. The highest BCUT2D eigenvalue weighted by atomic mass is 32.1. The van der Waals surface area contributed by atoms with E-state index < -0.39 is 11.0 Å². The molecule has 0 radical (unpaired) electrons. The number of aliphatic hydroxyl groups excluding tert-OH is 1. The molecule has 0 spiro atoms. The fourth-order valence-corrected chi connectivity index (χ4v) is 2.84. The summed E-state index contributed by atoms with van der Waals surface area (Å²) in [4.78, 5) is 11.1. The van der Waals surface area contributed by atoms with E-state index in [-0.39, 0.29) is 10.8 Å². The normalized spacial score (nSPS) is 12.1. The van der Waals surface area contributed by atoms with Crippen LogP contribution in [0.15, 0.2) is 30.3 Å². The second kappa shape index (κ2) is 6.69. The summed E-state index contributed by atoms with van der Waals surface area (Å²) in [6.07, 6.45) is 1.30. The van der Waals surface area contributed by atoms with Crippen molar-refractivity contribution in [1.29, 1.82) is 0 Å². The molecule has 2 rings (SSSR count). The fourth-order valence-electron chi connectivity index (χ4n) is 1.91. The van der Waals surface area contributed by atoms with E-state index in [9.17, 15) is 15.2 Å². The molecule has 5 nitrogen and oxygen atoms in total. The largest absolute Gasteiger partial charge is 0.440 e. The maximum atomic E-state index is 11.0. The molecule has 0 fully saturated rings. The third-order valence-corrected chi connectivity index (χ3v) is 4.15. The van der Waals surface area contributed by atoms with Crippen LogP contribution in [0.25, 0.3) is 0 Å². The van der Waals surface area contributed by atoms with Gasteiger partial charge in [-0.1, -0.05) is 36.8 Å². The molecule has 1 heterocycles. The highest BCUT2D eigenvalue weighted by Crippen LogP contribution is 2.41. The molecule has 0 saturated heterocycles. The van der Waals surface area contributed by atoms with Gasteiger partial charge in [0, 0.05) is 10.9 Å². The Morgan fingerprint density at radius 1 is 1.38 bits per heavy atom. The van der Waals surface area contributed by atoms with Crippen LogP contribution in [0.2, 0.25) is 0 Å². The minimum Gasteiger partial charge on any atom is -0.440 e. The molecule has 0 unspecified atom stereocenters. The Morgan fingerprint density at radius 3 is 2.57 bits per heavy atom. The zero-order valence-corrected chi connectivity index (χ0v) is 12.7. The Hall–Kier alpha value is -1.92. The number of hydrogen-bond donors (Lipinski definition) is 1. The topological polar surface area (TPSA) is 72.6 Å². The number of aliphatic hydroxyl groups is 1. The lowest BCUT2D eigenvalue weighted by molar-refractivity contribution is -0.385. The van der Waals surface area contributed by atoms with Crippen LogP contribution in [0, 0.1) is 10.1 Å². The third-order valence-electron chi connectivity index (χ3n) is 2.98. The molecular formula is C15H17NO4S. The van der Waals surface area contributed by atoms with Gasteiger partial charge in [0.1, 0.15) is 5.75 Å². The molecule has 1 aromatic heterocycles. The monoisotopic (exact) mass is 307 g/mol. The van der Waals surface area contributed by atoms with Gasteiger partial charge in [-0.3, -0.25) is 10.1 Å². The van der Waals surface area contributed by atoms with Crippen LogP contribution in [0.5, 0.6) is 10.8 Å². The van der Waals surface area contributed by atoms with Gasteiger partial charge in [0.15, 0.2) is 0 Å². The second-order valence-electron chi connectivity index (χ2n) is 4.75. The van der Waals surface area contributed by atoms with Crippen molar-refractivity contribution in [3.8, 4) is 10.8 Å². The van der Waals surface area contributed by atoms with Crippen LogP contribution in [-0.4, -0.2) is 10.0 Å². The molecule has 112 valence electrons. The van der Waals surface area contributed by atoms with Crippen molar-refractivity contribution < 1.29 is 14.8 Å². The molecule has 0 aliphatic rings. The maximum Gasteiger partial charge on any atom is 0.323 e. The van der Waals surface area contributed by atoms with Crippen molar-refractivity contribution in [3.63, 3.8) is 0 Å². The summed E-state index contributed by atoms with van der Waals surface area (Å²) < 4.78 is 5.60. The van der Waals surface area contributed by atoms with Crippen LogP contribution in [0.3, 0.4) is 0 Å². The Bertz CT molecular complexity index is 619. The van der Waals surface area contributed by atoms with Crippen molar-refractivity contribution in [2.45, 2.75) is 32.8 Å². The number of benzene rings is 1. The maximum absolute atomic E-state index is 11.0.